The monoisotopic (exact) mass is 171 g/mol. The second-order valence-corrected chi connectivity index (χ2v) is 2.56. The van der Waals surface area contributed by atoms with Crippen LogP contribution in [0.25, 0.3) is 5.70 Å². The van der Waals surface area contributed by atoms with Crippen LogP contribution in [0.4, 0.5) is 0 Å². The van der Waals surface area contributed by atoms with Crippen molar-refractivity contribution in [2.24, 2.45) is 0 Å². The lowest BCUT2D eigenvalue weighted by molar-refractivity contribution is 1.11. The Morgan fingerprint density at radius 3 is 2.92 bits per heavy atom. The zero-order valence-electron chi connectivity index (χ0n) is 7.01. The van der Waals surface area contributed by atoms with Gasteiger partial charge in [-0.3, -0.25) is 9.97 Å². The smallest absolute Gasteiger partial charge is 0.105 e. The highest BCUT2D eigenvalue weighted by Gasteiger charge is 1.99. The maximum Gasteiger partial charge on any atom is 0.105 e. The Kier molecular flexibility index (Phi) is 2.18. The topological polar surface area (TPSA) is 37.8 Å². The maximum atomic E-state index is 4.18. The molecule has 0 saturated heterocycles. The van der Waals surface area contributed by atoms with Crippen LogP contribution in [0.3, 0.4) is 0 Å². The van der Waals surface area contributed by atoms with Gasteiger partial charge in [0.25, 0.3) is 0 Å². The van der Waals surface area contributed by atoms with E-state index in [9.17, 15) is 0 Å². The van der Waals surface area contributed by atoms with Crippen molar-refractivity contribution in [3.63, 3.8) is 0 Å². The molecular weight excluding hydrogens is 162 g/mol. The van der Waals surface area contributed by atoms with E-state index in [1.165, 1.54) is 0 Å². The van der Waals surface area contributed by atoms with Gasteiger partial charge < -0.3 is 5.32 Å². The van der Waals surface area contributed by atoms with Crippen LogP contribution in [0, 0.1) is 0 Å². The van der Waals surface area contributed by atoms with E-state index in [1.807, 2.05) is 30.5 Å². The normalized spacial score (nSPS) is 14.6. The van der Waals surface area contributed by atoms with Crippen LogP contribution in [-0.4, -0.2) is 9.97 Å². The molecular formula is C10H9N3. The summed E-state index contributed by atoms with van der Waals surface area (Å²) in [7, 11) is 0. The van der Waals surface area contributed by atoms with Gasteiger partial charge >= 0.3 is 0 Å². The molecule has 0 aromatic carbocycles. The first kappa shape index (κ1) is 7.73. The van der Waals surface area contributed by atoms with E-state index in [-0.39, 0.29) is 0 Å². The second kappa shape index (κ2) is 3.67. The van der Waals surface area contributed by atoms with Crippen molar-refractivity contribution in [1.29, 1.82) is 0 Å². The van der Waals surface area contributed by atoms with Crippen molar-refractivity contribution in [2.45, 2.75) is 0 Å². The SMILES string of the molecule is C1=CC=C(c2cnccn2)NC=C1. The molecule has 0 amide bonds. The Bertz CT molecular complexity index is 363. The van der Waals surface area contributed by atoms with E-state index in [2.05, 4.69) is 15.3 Å². The molecule has 3 heteroatoms. The zero-order chi connectivity index (χ0) is 8.93. The summed E-state index contributed by atoms with van der Waals surface area (Å²) in [6.07, 6.45) is 14.7. The van der Waals surface area contributed by atoms with Crippen molar-refractivity contribution in [2.75, 3.05) is 0 Å². The Morgan fingerprint density at radius 2 is 2.08 bits per heavy atom. The van der Waals surface area contributed by atoms with Gasteiger partial charge in [-0.2, -0.15) is 0 Å². The number of nitrogens with one attached hydrogen (secondary N) is 1. The lowest BCUT2D eigenvalue weighted by Gasteiger charge is -2.03. The first-order chi connectivity index (χ1) is 6.47. The van der Waals surface area contributed by atoms with Crippen molar-refractivity contribution >= 4 is 5.70 Å². The summed E-state index contributed by atoms with van der Waals surface area (Å²) in [5, 5.41) is 3.11. The molecule has 0 fully saturated rings. The molecule has 0 saturated carbocycles. The minimum atomic E-state index is 0.846. The highest BCUT2D eigenvalue weighted by molar-refractivity contribution is 5.63. The standard InChI is InChI=1S/C10H9N3/c1-2-4-9(12-5-3-1)10-8-11-6-7-13-10/h1-8,12H. The van der Waals surface area contributed by atoms with E-state index in [0.717, 1.165) is 11.4 Å². The fourth-order valence-electron chi connectivity index (χ4n) is 1.05. The molecule has 0 unspecified atom stereocenters. The van der Waals surface area contributed by atoms with Crippen molar-refractivity contribution in [1.82, 2.24) is 15.3 Å². The number of hydrogen-bond donors (Lipinski definition) is 1. The highest BCUT2D eigenvalue weighted by atomic mass is 14.9. The lowest BCUT2D eigenvalue weighted by atomic mass is 10.3. The zero-order valence-corrected chi connectivity index (χ0v) is 7.01. The molecule has 64 valence electrons. The molecule has 0 bridgehead atoms. The van der Waals surface area contributed by atoms with Crippen LogP contribution in [0.5, 0.6) is 0 Å². The fraction of sp³-hybridized carbons (Fsp3) is 0. The van der Waals surface area contributed by atoms with Gasteiger partial charge in [-0.1, -0.05) is 12.2 Å². The number of nitrogens with zero attached hydrogens (tertiary/aromatic N) is 2. The molecule has 0 spiro atoms. The Hall–Kier alpha value is -1.90. The molecule has 1 aliphatic rings. The van der Waals surface area contributed by atoms with Crippen LogP contribution in [0.1, 0.15) is 5.69 Å². The molecule has 2 rings (SSSR count). The number of rotatable bonds is 1. The van der Waals surface area contributed by atoms with Crippen molar-refractivity contribution < 1.29 is 0 Å². The van der Waals surface area contributed by atoms with Crippen LogP contribution < -0.4 is 5.32 Å². The largest absolute Gasteiger partial charge is 0.360 e. The average molecular weight is 171 g/mol. The maximum absolute atomic E-state index is 4.18. The Labute approximate surface area is 76.5 Å². The predicted molar refractivity (Wildman–Crippen MR) is 51.4 cm³/mol. The third-order valence-corrected chi connectivity index (χ3v) is 1.66. The van der Waals surface area contributed by atoms with E-state index in [1.54, 1.807) is 18.6 Å². The molecule has 0 atom stereocenters. The summed E-state index contributed by atoms with van der Waals surface area (Å²) >= 11 is 0. The molecule has 3 nitrogen and oxygen atoms in total. The lowest BCUT2D eigenvalue weighted by Crippen LogP contribution is -2.04. The summed E-state index contributed by atoms with van der Waals surface area (Å²) in [6.45, 7) is 0. The molecule has 1 aromatic rings. The van der Waals surface area contributed by atoms with Gasteiger partial charge in [-0.25, -0.2) is 0 Å². The van der Waals surface area contributed by atoms with E-state index in [0.29, 0.717) is 0 Å². The van der Waals surface area contributed by atoms with Gasteiger partial charge in [0.2, 0.25) is 0 Å². The van der Waals surface area contributed by atoms with Gasteiger partial charge in [0.05, 0.1) is 11.9 Å². The van der Waals surface area contributed by atoms with Crippen LogP contribution >= 0.6 is 0 Å². The first-order valence-corrected chi connectivity index (χ1v) is 4.03. The van der Waals surface area contributed by atoms with Crippen molar-refractivity contribution in [3.8, 4) is 0 Å². The van der Waals surface area contributed by atoms with Crippen LogP contribution in [-0.2, 0) is 0 Å². The minimum Gasteiger partial charge on any atom is -0.360 e. The molecule has 1 aliphatic heterocycles. The Morgan fingerprint density at radius 1 is 1.08 bits per heavy atom. The van der Waals surface area contributed by atoms with E-state index in [4.69, 9.17) is 0 Å². The molecule has 0 aliphatic carbocycles. The Balaban J connectivity index is 2.32. The van der Waals surface area contributed by atoms with Crippen LogP contribution in [0.15, 0.2) is 49.1 Å². The fourth-order valence-corrected chi connectivity index (χ4v) is 1.05. The van der Waals surface area contributed by atoms with Gasteiger partial charge in [0, 0.05) is 18.6 Å². The average Bonchev–Trinajstić information content (AvgIpc) is 2.47. The molecule has 1 N–H and O–H groups in total. The van der Waals surface area contributed by atoms with Gasteiger partial charge in [-0.05, 0) is 12.2 Å². The van der Waals surface area contributed by atoms with E-state index < -0.39 is 0 Å². The molecule has 2 heterocycles. The summed E-state index contributed by atoms with van der Waals surface area (Å²) in [5.74, 6) is 0. The summed E-state index contributed by atoms with van der Waals surface area (Å²) in [5.41, 5.74) is 1.80. The molecule has 0 radical (unpaired) electrons. The van der Waals surface area contributed by atoms with Crippen LogP contribution in [0.2, 0.25) is 0 Å². The second-order valence-electron chi connectivity index (χ2n) is 2.56. The number of allylic oxidation sites excluding steroid dienone is 4. The van der Waals surface area contributed by atoms with Gasteiger partial charge in [0.1, 0.15) is 5.69 Å². The third kappa shape index (κ3) is 1.82. The summed E-state index contributed by atoms with van der Waals surface area (Å²) < 4.78 is 0. The van der Waals surface area contributed by atoms with Gasteiger partial charge in [0.15, 0.2) is 0 Å². The quantitative estimate of drug-likeness (QED) is 0.695. The summed E-state index contributed by atoms with van der Waals surface area (Å²) in [6, 6.07) is 0. The minimum absolute atomic E-state index is 0.846. The highest BCUT2D eigenvalue weighted by Crippen LogP contribution is 2.07. The van der Waals surface area contributed by atoms with Gasteiger partial charge in [-0.15, -0.1) is 0 Å². The first-order valence-electron chi connectivity index (χ1n) is 4.03. The predicted octanol–water partition coefficient (Wildman–Crippen LogP) is 1.49. The number of aromatic nitrogens is 2. The number of hydrogen-bond acceptors (Lipinski definition) is 3. The molecule has 13 heavy (non-hydrogen) atoms. The third-order valence-electron chi connectivity index (χ3n) is 1.66. The van der Waals surface area contributed by atoms with E-state index >= 15 is 0 Å². The summed E-state index contributed by atoms with van der Waals surface area (Å²) in [4.78, 5) is 8.18. The van der Waals surface area contributed by atoms with Crippen molar-refractivity contribution in [3.05, 3.63) is 54.8 Å². The molecule has 1 aromatic heterocycles.